The van der Waals surface area contributed by atoms with Gasteiger partial charge in [0.2, 0.25) is 15.9 Å². The van der Waals surface area contributed by atoms with Crippen LogP contribution in [0.5, 0.6) is 5.75 Å². The van der Waals surface area contributed by atoms with E-state index in [2.05, 4.69) is 0 Å². The first-order valence-corrected chi connectivity index (χ1v) is 10.3. The van der Waals surface area contributed by atoms with Crippen molar-refractivity contribution in [3.8, 4) is 5.75 Å². The number of sulfonamides is 1. The number of carbonyl (C=O) groups is 1. The number of benzene rings is 1. The molecule has 0 aliphatic carbocycles. The minimum atomic E-state index is -3.18. The van der Waals surface area contributed by atoms with Gasteiger partial charge in [0.1, 0.15) is 5.75 Å². The average molecular weight is 368 g/mol. The zero-order valence-electron chi connectivity index (χ0n) is 15.5. The van der Waals surface area contributed by atoms with Crippen molar-refractivity contribution in [1.82, 2.24) is 9.21 Å². The van der Waals surface area contributed by atoms with Crippen molar-refractivity contribution in [2.24, 2.45) is 0 Å². The number of ether oxygens (including phenoxy) is 1. The Kier molecular flexibility index (Phi) is 6.46. The van der Waals surface area contributed by atoms with Crippen LogP contribution in [0.15, 0.2) is 12.1 Å². The van der Waals surface area contributed by atoms with Crippen LogP contribution < -0.4 is 4.74 Å². The summed E-state index contributed by atoms with van der Waals surface area (Å²) >= 11 is 0. The van der Waals surface area contributed by atoms with Crippen LogP contribution in [0.3, 0.4) is 0 Å². The van der Waals surface area contributed by atoms with Crippen molar-refractivity contribution in [2.45, 2.75) is 33.6 Å². The number of amides is 1. The van der Waals surface area contributed by atoms with Gasteiger partial charge in [-0.2, -0.15) is 4.31 Å². The molecule has 0 unspecified atom stereocenters. The molecule has 0 bridgehead atoms. The van der Waals surface area contributed by atoms with Crippen molar-refractivity contribution >= 4 is 15.9 Å². The maximum absolute atomic E-state index is 12.6. The van der Waals surface area contributed by atoms with Crippen LogP contribution in [-0.4, -0.2) is 62.6 Å². The molecule has 1 aliphatic rings. The summed E-state index contributed by atoms with van der Waals surface area (Å²) in [7, 11) is -1.54. The lowest BCUT2D eigenvalue weighted by Crippen LogP contribution is -2.51. The summed E-state index contributed by atoms with van der Waals surface area (Å²) in [5.41, 5.74) is 3.02. The fourth-order valence-corrected chi connectivity index (χ4v) is 4.63. The molecule has 0 spiro atoms. The first-order chi connectivity index (χ1) is 11.8. The molecule has 1 fully saturated rings. The Morgan fingerprint density at radius 2 is 1.76 bits per heavy atom. The van der Waals surface area contributed by atoms with Gasteiger partial charge in [0, 0.05) is 26.2 Å². The minimum absolute atomic E-state index is 0.0419. The number of nitrogens with zero attached hydrogens (tertiary/aromatic N) is 2. The highest BCUT2D eigenvalue weighted by molar-refractivity contribution is 7.89. The van der Waals surface area contributed by atoms with E-state index in [1.54, 1.807) is 12.0 Å². The van der Waals surface area contributed by atoms with Crippen LogP contribution in [0.1, 0.15) is 30.0 Å². The fraction of sp³-hybridized carbons (Fsp3) is 0.611. The van der Waals surface area contributed by atoms with E-state index in [1.807, 2.05) is 32.9 Å². The van der Waals surface area contributed by atoms with E-state index in [0.717, 1.165) is 22.4 Å². The zero-order valence-corrected chi connectivity index (χ0v) is 16.4. The maximum atomic E-state index is 12.6. The Morgan fingerprint density at radius 3 is 2.32 bits per heavy atom. The lowest BCUT2D eigenvalue weighted by atomic mass is 10.0. The highest BCUT2D eigenvalue weighted by Crippen LogP contribution is 2.23. The molecule has 0 aromatic heterocycles. The van der Waals surface area contributed by atoms with E-state index in [9.17, 15) is 13.2 Å². The molecule has 2 rings (SSSR count). The SMILES string of the molecule is CCCS(=O)(=O)N1CCN(C(=O)Cc2cc(C)c(OC)cc2C)CC1. The van der Waals surface area contributed by atoms with Gasteiger partial charge in [0.05, 0.1) is 19.3 Å². The first-order valence-electron chi connectivity index (χ1n) is 8.68. The molecule has 140 valence electrons. The van der Waals surface area contributed by atoms with Gasteiger partial charge < -0.3 is 9.64 Å². The normalized spacial score (nSPS) is 16.1. The summed E-state index contributed by atoms with van der Waals surface area (Å²) in [5.74, 6) is 1.04. The Bertz CT molecular complexity index is 723. The molecule has 1 amide bonds. The Balaban J connectivity index is 1.99. The molecule has 1 aliphatic heterocycles. The average Bonchev–Trinajstić information content (AvgIpc) is 2.57. The first kappa shape index (κ1) is 19.7. The molecule has 1 heterocycles. The Labute approximate surface area is 150 Å². The van der Waals surface area contributed by atoms with Gasteiger partial charge in [-0.25, -0.2) is 8.42 Å². The molecule has 1 aromatic rings. The van der Waals surface area contributed by atoms with Gasteiger partial charge in [0.15, 0.2) is 0 Å². The van der Waals surface area contributed by atoms with E-state index in [4.69, 9.17) is 4.74 Å². The summed E-state index contributed by atoms with van der Waals surface area (Å²) in [6, 6.07) is 3.95. The van der Waals surface area contributed by atoms with Crippen LogP contribution in [0.2, 0.25) is 0 Å². The van der Waals surface area contributed by atoms with Crippen molar-refractivity contribution in [3.05, 3.63) is 28.8 Å². The van der Waals surface area contributed by atoms with Gasteiger partial charge in [-0.1, -0.05) is 13.0 Å². The Morgan fingerprint density at radius 1 is 1.12 bits per heavy atom. The monoisotopic (exact) mass is 368 g/mol. The van der Waals surface area contributed by atoms with Crippen molar-refractivity contribution in [2.75, 3.05) is 39.0 Å². The lowest BCUT2D eigenvalue weighted by molar-refractivity contribution is -0.131. The van der Waals surface area contributed by atoms with Crippen molar-refractivity contribution < 1.29 is 17.9 Å². The number of piperazine rings is 1. The van der Waals surface area contributed by atoms with Crippen molar-refractivity contribution in [3.63, 3.8) is 0 Å². The third-order valence-electron chi connectivity index (χ3n) is 4.64. The van der Waals surface area contributed by atoms with Crippen LogP contribution in [-0.2, 0) is 21.2 Å². The molecule has 1 saturated heterocycles. The summed E-state index contributed by atoms with van der Waals surface area (Å²) < 4.78 is 31.0. The molecule has 0 saturated carbocycles. The quantitative estimate of drug-likeness (QED) is 0.767. The van der Waals surface area contributed by atoms with Gasteiger partial charge in [0.25, 0.3) is 0 Å². The van der Waals surface area contributed by atoms with E-state index >= 15 is 0 Å². The van der Waals surface area contributed by atoms with Gasteiger partial charge in [-0.3, -0.25) is 4.79 Å². The molecule has 7 heteroatoms. The topological polar surface area (TPSA) is 66.9 Å². The summed E-state index contributed by atoms with van der Waals surface area (Å²) in [4.78, 5) is 14.4. The third kappa shape index (κ3) is 4.73. The van der Waals surface area contributed by atoms with Gasteiger partial charge in [-0.05, 0) is 43.0 Å². The smallest absolute Gasteiger partial charge is 0.227 e. The van der Waals surface area contributed by atoms with Crippen LogP contribution >= 0.6 is 0 Å². The minimum Gasteiger partial charge on any atom is -0.496 e. The number of hydrogen-bond donors (Lipinski definition) is 0. The predicted octanol–water partition coefficient (Wildman–Crippen LogP) is 1.74. The molecule has 0 radical (unpaired) electrons. The molecule has 0 N–H and O–H groups in total. The highest BCUT2D eigenvalue weighted by atomic mass is 32.2. The molecule has 1 aromatic carbocycles. The Hall–Kier alpha value is -1.60. The molecule has 6 nitrogen and oxygen atoms in total. The highest BCUT2D eigenvalue weighted by Gasteiger charge is 2.28. The standard InChI is InChI=1S/C18H28N2O4S/c1-5-10-25(22,23)20-8-6-19(7-9-20)18(21)13-16-11-15(3)17(24-4)12-14(16)2/h11-12H,5-10,13H2,1-4H3. The largest absolute Gasteiger partial charge is 0.496 e. The van der Waals surface area contributed by atoms with Crippen LogP contribution in [0, 0.1) is 13.8 Å². The number of hydrogen-bond acceptors (Lipinski definition) is 4. The second-order valence-electron chi connectivity index (χ2n) is 6.52. The zero-order chi connectivity index (χ0) is 18.6. The van der Waals surface area contributed by atoms with E-state index in [1.165, 1.54) is 4.31 Å². The molecular weight excluding hydrogens is 340 g/mol. The second kappa shape index (κ2) is 8.19. The predicted molar refractivity (Wildman–Crippen MR) is 98.4 cm³/mol. The van der Waals surface area contributed by atoms with E-state index in [-0.39, 0.29) is 11.7 Å². The van der Waals surface area contributed by atoms with Gasteiger partial charge in [-0.15, -0.1) is 0 Å². The number of aryl methyl sites for hydroxylation is 2. The molecule has 0 atom stereocenters. The van der Waals surface area contributed by atoms with E-state index in [0.29, 0.717) is 39.0 Å². The summed E-state index contributed by atoms with van der Waals surface area (Å²) in [5, 5.41) is 0. The number of methoxy groups -OCH3 is 1. The van der Waals surface area contributed by atoms with E-state index < -0.39 is 10.0 Å². The maximum Gasteiger partial charge on any atom is 0.227 e. The number of carbonyl (C=O) groups excluding carboxylic acids is 1. The second-order valence-corrected chi connectivity index (χ2v) is 8.61. The van der Waals surface area contributed by atoms with Gasteiger partial charge >= 0.3 is 0 Å². The van der Waals surface area contributed by atoms with Crippen molar-refractivity contribution in [1.29, 1.82) is 0 Å². The lowest BCUT2D eigenvalue weighted by Gasteiger charge is -2.34. The summed E-state index contributed by atoms with van der Waals surface area (Å²) in [6.45, 7) is 7.47. The van der Waals surface area contributed by atoms with Crippen LogP contribution in [0.25, 0.3) is 0 Å². The molecular formula is C18H28N2O4S. The van der Waals surface area contributed by atoms with Crippen LogP contribution in [0.4, 0.5) is 0 Å². The fourth-order valence-electron chi connectivity index (χ4n) is 3.14. The molecule has 25 heavy (non-hydrogen) atoms. The third-order valence-corrected chi connectivity index (χ3v) is 6.72. The number of rotatable bonds is 6. The summed E-state index contributed by atoms with van der Waals surface area (Å²) in [6.07, 6.45) is 0.940.